The van der Waals surface area contributed by atoms with Crippen LogP contribution in [-0.2, 0) is 0 Å². The molecule has 5 nitrogen and oxygen atoms in total. The number of carboxylic acid groups (broad SMARTS) is 1. The van der Waals surface area contributed by atoms with Gasteiger partial charge in [-0.25, -0.2) is 4.79 Å². The van der Waals surface area contributed by atoms with Gasteiger partial charge < -0.3 is 14.3 Å². The zero-order valence-electron chi connectivity index (χ0n) is 13.3. The first kappa shape index (κ1) is 17.0. The minimum absolute atomic E-state index is 0.169. The molecule has 3 aromatic rings. The Kier molecular flexibility index (Phi) is 5.00. The van der Waals surface area contributed by atoms with Gasteiger partial charge in [0, 0.05) is 10.0 Å². The summed E-state index contributed by atoms with van der Waals surface area (Å²) < 4.78 is 11.5. The molecule has 0 atom stereocenters. The van der Waals surface area contributed by atoms with Crippen molar-refractivity contribution in [2.45, 2.75) is 0 Å². The number of furan rings is 1. The van der Waals surface area contributed by atoms with Gasteiger partial charge in [-0.3, -0.25) is 4.99 Å². The lowest BCUT2D eigenvalue weighted by Gasteiger charge is -2.03. The molecule has 0 aliphatic heterocycles. The van der Waals surface area contributed by atoms with E-state index in [1.165, 1.54) is 0 Å². The first-order valence-corrected chi connectivity index (χ1v) is 8.17. The van der Waals surface area contributed by atoms with Gasteiger partial charge in [-0.15, -0.1) is 0 Å². The van der Waals surface area contributed by atoms with E-state index in [0.29, 0.717) is 21.6 Å². The Labute approximate surface area is 152 Å². The third kappa shape index (κ3) is 3.97. The summed E-state index contributed by atoms with van der Waals surface area (Å²) in [5.41, 5.74) is 1.44. The predicted molar refractivity (Wildman–Crippen MR) is 99.1 cm³/mol. The van der Waals surface area contributed by atoms with Crippen LogP contribution in [0.5, 0.6) is 5.75 Å². The van der Waals surface area contributed by atoms with Crippen molar-refractivity contribution in [3.8, 4) is 17.1 Å². The fourth-order valence-electron chi connectivity index (χ4n) is 2.28. The normalized spacial score (nSPS) is 11.0. The number of rotatable bonds is 5. The molecule has 0 spiro atoms. The molecule has 0 aliphatic rings. The van der Waals surface area contributed by atoms with Crippen molar-refractivity contribution in [2.24, 2.45) is 4.99 Å². The van der Waals surface area contributed by atoms with Gasteiger partial charge in [0.1, 0.15) is 17.3 Å². The Morgan fingerprint density at radius 3 is 2.60 bits per heavy atom. The third-order valence-electron chi connectivity index (χ3n) is 3.52. The van der Waals surface area contributed by atoms with Crippen molar-refractivity contribution < 1.29 is 19.1 Å². The van der Waals surface area contributed by atoms with Gasteiger partial charge >= 0.3 is 5.97 Å². The number of aromatic carboxylic acids is 1. The summed E-state index contributed by atoms with van der Waals surface area (Å²) in [7, 11) is 1.61. The molecule has 6 heteroatoms. The van der Waals surface area contributed by atoms with E-state index in [1.54, 1.807) is 43.7 Å². The lowest BCUT2D eigenvalue weighted by Crippen LogP contribution is -1.99. The summed E-state index contributed by atoms with van der Waals surface area (Å²) in [6, 6.07) is 15.8. The minimum atomic E-state index is -1.01. The maximum Gasteiger partial charge on any atom is 0.336 e. The molecule has 1 heterocycles. The largest absolute Gasteiger partial charge is 0.497 e. The second-order valence-corrected chi connectivity index (χ2v) is 6.07. The third-order valence-corrected chi connectivity index (χ3v) is 4.01. The topological polar surface area (TPSA) is 72.0 Å². The summed E-state index contributed by atoms with van der Waals surface area (Å²) in [6.07, 6.45) is 1.59. The number of halogens is 1. The van der Waals surface area contributed by atoms with Crippen LogP contribution in [0.15, 0.2) is 68.5 Å². The molecule has 0 amide bonds. The van der Waals surface area contributed by atoms with Gasteiger partial charge in [0.2, 0.25) is 0 Å². The van der Waals surface area contributed by atoms with E-state index in [-0.39, 0.29) is 5.56 Å². The van der Waals surface area contributed by atoms with Crippen molar-refractivity contribution >= 4 is 33.8 Å². The fraction of sp³-hybridized carbons (Fsp3) is 0.0526. The fourth-order valence-corrected chi connectivity index (χ4v) is 2.64. The highest BCUT2D eigenvalue weighted by Crippen LogP contribution is 2.28. The van der Waals surface area contributed by atoms with Gasteiger partial charge in [0.15, 0.2) is 0 Å². The monoisotopic (exact) mass is 399 g/mol. The van der Waals surface area contributed by atoms with Gasteiger partial charge in [-0.2, -0.15) is 0 Å². The van der Waals surface area contributed by atoms with E-state index in [4.69, 9.17) is 9.15 Å². The quantitative estimate of drug-likeness (QED) is 0.600. The lowest BCUT2D eigenvalue weighted by molar-refractivity contribution is 0.0697. The van der Waals surface area contributed by atoms with Gasteiger partial charge in [0.25, 0.3) is 0 Å². The highest BCUT2D eigenvalue weighted by molar-refractivity contribution is 9.10. The molecule has 0 bridgehead atoms. The second kappa shape index (κ2) is 7.36. The van der Waals surface area contributed by atoms with Crippen LogP contribution < -0.4 is 4.74 Å². The number of hydrogen-bond acceptors (Lipinski definition) is 4. The molecule has 25 heavy (non-hydrogen) atoms. The summed E-state index contributed by atoms with van der Waals surface area (Å²) in [6.45, 7) is 0. The van der Waals surface area contributed by atoms with E-state index < -0.39 is 5.97 Å². The molecule has 0 aliphatic carbocycles. The summed E-state index contributed by atoms with van der Waals surface area (Å²) in [5, 5.41) is 9.35. The number of aliphatic imine (C=N–C) groups is 1. The average Bonchev–Trinajstić information content (AvgIpc) is 3.09. The Balaban J connectivity index is 1.85. The number of carbonyl (C=O) groups is 1. The van der Waals surface area contributed by atoms with Gasteiger partial charge in [-0.1, -0.05) is 15.9 Å². The molecule has 0 radical (unpaired) electrons. The van der Waals surface area contributed by atoms with Gasteiger partial charge in [-0.05, 0) is 54.6 Å². The maximum atomic E-state index is 11.4. The van der Waals surface area contributed by atoms with Gasteiger partial charge in [0.05, 0.1) is 24.6 Å². The van der Waals surface area contributed by atoms with Crippen LogP contribution in [0.1, 0.15) is 16.1 Å². The van der Waals surface area contributed by atoms with Crippen LogP contribution in [-0.4, -0.2) is 24.4 Å². The Bertz CT molecular complexity index is 929. The SMILES string of the molecule is COc1ccc(N=Cc2ccc(-c3ccc(Br)cc3C(=O)O)o2)cc1. The summed E-state index contributed by atoms with van der Waals surface area (Å²) in [4.78, 5) is 15.8. The van der Waals surface area contributed by atoms with Crippen molar-refractivity contribution in [3.63, 3.8) is 0 Å². The van der Waals surface area contributed by atoms with Crippen LogP contribution in [0.4, 0.5) is 5.69 Å². The molecular formula is C19H14BrNO4. The standard InChI is InChI=1S/C19H14BrNO4/c1-24-14-5-3-13(4-6-14)21-11-15-7-9-18(25-15)16-8-2-12(20)10-17(16)19(22)23/h2-11H,1H3,(H,22,23). The highest BCUT2D eigenvalue weighted by atomic mass is 79.9. The minimum Gasteiger partial charge on any atom is -0.497 e. The highest BCUT2D eigenvalue weighted by Gasteiger charge is 2.15. The number of carboxylic acids is 1. The Hall–Kier alpha value is -2.86. The number of benzene rings is 2. The Morgan fingerprint density at radius 1 is 1.16 bits per heavy atom. The molecule has 1 aromatic heterocycles. The van der Waals surface area contributed by atoms with Crippen molar-refractivity contribution in [1.82, 2.24) is 0 Å². The lowest BCUT2D eigenvalue weighted by atomic mass is 10.1. The molecule has 0 unspecified atom stereocenters. The van der Waals surface area contributed by atoms with E-state index >= 15 is 0 Å². The molecule has 3 rings (SSSR count). The van der Waals surface area contributed by atoms with E-state index in [9.17, 15) is 9.90 Å². The predicted octanol–water partition coefficient (Wildman–Crippen LogP) is 5.17. The molecule has 0 fully saturated rings. The molecule has 126 valence electrons. The number of hydrogen-bond donors (Lipinski definition) is 1. The van der Waals surface area contributed by atoms with Crippen LogP contribution in [0.25, 0.3) is 11.3 Å². The molecular weight excluding hydrogens is 386 g/mol. The molecule has 2 aromatic carbocycles. The van der Waals surface area contributed by atoms with Crippen LogP contribution in [0.2, 0.25) is 0 Å². The van der Waals surface area contributed by atoms with E-state index in [0.717, 1.165) is 11.4 Å². The van der Waals surface area contributed by atoms with Crippen LogP contribution in [0, 0.1) is 0 Å². The number of ether oxygens (including phenoxy) is 1. The van der Waals surface area contributed by atoms with Crippen LogP contribution in [0.3, 0.4) is 0 Å². The molecule has 1 N–H and O–H groups in total. The van der Waals surface area contributed by atoms with Crippen molar-refractivity contribution in [2.75, 3.05) is 7.11 Å². The van der Waals surface area contributed by atoms with E-state index in [2.05, 4.69) is 20.9 Å². The smallest absolute Gasteiger partial charge is 0.336 e. The first-order chi connectivity index (χ1) is 12.1. The summed E-state index contributed by atoms with van der Waals surface area (Å²) in [5.74, 6) is 0.753. The summed E-state index contributed by atoms with van der Waals surface area (Å²) >= 11 is 3.28. The first-order valence-electron chi connectivity index (χ1n) is 7.38. The number of nitrogens with zero attached hydrogens (tertiary/aromatic N) is 1. The maximum absolute atomic E-state index is 11.4. The molecule has 0 saturated heterocycles. The second-order valence-electron chi connectivity index (χ2n) is 5.15. The zero-order chi connectivity index (χ0) is 17.8. The van der Waals surface area contributed by atoms with Crippen molar-refractivity contribution in [1.29, 1.82) is 0 Å². The number of methoxy groups -OCH3 is 1. The Morgan fingerprint density at radius 2 is 1.92 bits per heavy atom. The molecule has 0 saturated carbocycles. The van der Waals surface area contributed by atoms with E-state index in [1.807, 2.05) is 24.3 Å². The zero-order valence-corrected chi connectivity index (χ0v) is 14.9. The average molecular weight is 400 g/mol. The van der Waals surface area contributed by atoms with Crippen LogP contribution >= 0.6 is 15.9 Å². The van der Waals surface area contributed by atoms with Crippen molar-refractivity contribution in [3.05, 3.63) is 70.4 Å².